The van der Waals surface area contributed by atoms with Crippen LogP contribution in [-0.2, 0) is 108 Å². The summed E-state index contributed by atoms with van der Waals surface area (Å²) in [5, 5.41) is 19.2. The van der Waals surface area contributed by atoms with E-state index in [1.807, 2.05) is 152 Å². The topological polar surface area (TPSA) is 330 Å². The maximum Gasteiger partial charge on any atom is 0.289 e. The van der Waals surface area contributed by atoms with Crippen LogP contribution in [0.3, 0.4) is 0 Å². The Labute approximate surface area is 776 Å². The van der Waals surface area contributed by atoms with Gasteiger partial charge in [-0.2, -0.15) is 0 Å². The third-order valence-electron chi connectivity index (χ3n) is 23.6. The summed E-state index contributed by atoms with van der Waals surface area (Å²) in [4.78, 5) is 152. The minimum absolute atomic E-state index is 0.233. The number of pyridine rings is 1. The van der Waals surface area contributed by atoms with Crippen molar-refractivity contribution in [3.05, 3.63) is 308 Å². The summed E-state index contributed by atoms with van der Waals surface area (Å²) in [7, 11) is 0. The second kappa shape index (κ2) is 56.6. The fourth-order valence-electron chi connectivity index (χ4n) is 16.6. The van der Waals surface area contributed by atoms with Crippen molar-refractivity contribution >= 4 is 71.8 Å². The Bertz CT molecular complexity index is 5310. The Hall–Kier alpha value is -13.0. The monoisotopic (exact) mass is 1790 g/mol. The number of aromatic nitrogens is 1. The minimum Gasteiger partial charge on any atom is -0.494 e. The number of fused-ring (bicyclic) bond motifs is 13. The molecule has 694 valence electrons. The van der Waals surface area contributed by atoms with Crippen LogP contribution in [0, 0.1) is 0 Å². The number of carbonyl (C=O) groups excluding carboxylic acids is 12. The molecule has 1 aromatic heterocycles. The molecule has 0 fully saturated rings. The number of benzene rings is 8. The van der Waals surface area contributed by atoms with Crippen molar-refractivity contribution < 1.29 is 71.7 Å². The lowest BCUT2D eigenvalue weighted by atomic mass is 9.97. The van der Waals surface area contributed by atoms with Crippen LogP contribution in [0.4, 0.5) is 0 Å². The van der Waals surface area contributed by atoms with Crippen LogP contribution < -0.4 is 42.0 Å². The Morgan fingerprint density at radius 2 is 0.773 bits per heavy atom. The van der Waals surface area contributed by atoms with Crippen LogP contribution in [-0.4, -0.2) is 140 Å². The highest BCUT2D eigenvalue weighted by atomic mass is 16.5. The fraction of sp³-hybridized carbons (Fsp3) is 0.385. The quantitative estimate of drug-likeness (QED) is 0.0401. The van der Waals surface area contributed by atoms with E-state index in [9.17, 15) is 57.5 Å². The Balaban J connectivity index is 0.000000172. The van der Waals surface area contributed by atoms with Crippen molar-refractivity contribution in [1.29, 1.82) is 0 Å². The average molecular weight is 1790 g/mol. The molecule has 23 heteroatoms. The molecule has 5 atom stereocenters. The third kappa shape index (κ3) is 33.4. The zero-order valence-electron chi connectivity index (χ0n) is 76.3. The van der Waals surface area contributed by atoms with Crippen molar-refractivity contribution in [2.45, 2.75) is 237 Å². The number of likely N-dealkylation sites (N-methyl/N-ethyl adjacent to an activating group) is 2. The number of amides is 7. The maximum absolute atomic E-state index is 13.0. The van der Waals surface area contributed by atoms with Gasteiger partial charge in [-0.25, -0.2) is 0 Å². The first-order chi connectivity index (χ1) is 64.5. The summed E-state index contributed by atoms with van der Waals surface area (Å²) >= 11 is 0. The van der Waals surface area contributed by atoms with Gasteiger partial charge in [0.1, 0.15) is 30.6 Å². The molecule has 7 N–H and O–H groups in total. The van der Waals surface area contributed by atoms with Crippen molar-refractivity contribution in [2.75, 3.05) is 32.9 Å². The number of ether oxygens (including phenoxy) is 3. The van der Waals surface area contributed by atoms with Crippen LogP contribution >= 0.6 is 0 Å². The number of hydrogen-bond acceptors (Lipinski definition) is 16. The lowest BCUT2D eigenvalue weighted by molar-refractivity contribution is -0.139. The molecule has 0 spiro atoms. The van der Waals surface area contributed by atoms with E-state index < -0.39 is 53.6 Å². The van der Waals surface area contributed by atoms with Gasteiger partial charge in [0.25, 0.3) is 41.4 Å². The largest absolute Gasteiger partial charge is 0.494 e. The van der Waals surface area contributed by atoms with Gasteiger partial charge in [0.2, 0.25) is 11.6 Å². The predicted molar refractivity (Wildman–Crippen MR) is 513 cm³/mol. The number of Topliss-reactive ketones (excluding diaryl/α,β-unsaturated/α-hetero) is 2. The number of hydrogen-bond donors (Lipinski definition) is 7. The van der Waals surface area contributed by atoms with Gasteiger partial charge in [-0.05, 0) is 234 Å². The van der Waals surface area contributed by atoms with Gasteiger partial charge in [0.05, 0.1) is 55.2 Å². The number of nitrogens with one attached hydrogen (secondary N) is 7. The lowest BCUT2D eigenvalue weighted by Crippen LogP contribution is -2.47. The van der Waals surface area contributed by atoms with E-state index in [2.05, 4.69) is 72.5 Å². The molecule has 7 amide bonds. The van der Waals surface area contributed by atoms with Gasteiger partial charge >= 0.3 is 0 Å². The number of carbonyl (C=O) groups is 12. The summed E-state index contributed by atoms with van der Waals surface area (Å²) in [5.74, 6) is -3.01. The molecular weight excluding hydrogens is 1660 g/mol. The summed E-state index contributed by atoms with van der Waals surface area (Å²) in [6, 6.07) is 62.0. The highest BCUT2D eigenvalue weighted by Gasteiger charge is 2.30. The molecule has 14 rings (SSSR count). The van der Waals surface area contributed by atoms with E-state index in [0.29, 0.717) is 112 Å². The first-order valence-corrected chi connectivity index (χ1v) is 47.1. The molecule has 23 nitrogen and oxygen atoms in total. The number of allylic oxidation sites excluding steroid dienone is 1. The molecule has 0 radical (unpaired) electrons. The molecule has 5 aliphatic rings. The average Bonchev–Trinajstić information content (AvgIpc) is 1.08. The summed E-state index contributed by atoms with van der Waals surface area (Å²) in [6.07, 6.45) is 34.1. The first-order valence-electron chi connectivity index (χ1n) is 47.1. The second-order valence-corrected chi connectivity index (χ2v) is 33.7. The third-order valence-corrected chi connectivity index (χ3v) is 23.6. The van der Waals surface area contributed by atoms with Crippen LogP contribution in [0.1, 0.15) is 250 Å². The number of aldehydes is 3. The molecule has 8 aromatic carbocycles. The molecule has 0 aliphatic carbocycles. The first kappa shape index (κ1) is 101. The number of nitrogens with zero attached hydrogens (tertiary/aromatic N) is 1. The predicted octanol–water partition coefficient (Wildman–Crippen LogP) is 16.3. The molecule has 0 saturated carbocycles. The minimum atomic E-state index is -0.849. The van der Waals surface area contributed by atoms with Crippen molar-refractivity contribution in [1.82, 2.24) is 42.2 Å². The lowest BCUT2D eigenvalue weighted by Gasteiger charge is -2.18. The second-order valence-electron chi connectivity index (χ2n) is 33.7. The number of aryl methyl sites for hydroxylation is 5. The zero-order chi connectivity index (χ0) is 93.3. The van der Waals surface area contributed by atoms with Crippen LogP contribution in [0.15, 0.2) is 225 Å². The van der Waals surface area contributed by atoms with Gasteiger partial charge in [0, 0.05) is 60.3 Å². The van der Waals surface area contributed by atoms with Crippen LogP contribution in [0.2, 0.25) is 0 Å². The van der Waals surface area contributed by atoms with E-state index in [-0.39, 0.29) is 29.5 Å². The molecular formula is C109H128N8O15. The highest BCUT2D eigenvalue weighted by Crippen LogP contribution is 2.28. The van der Waals surface area contributed by atoms with Gasteiger partial charge < -0.3 is 65.8 Å². The van der Waals surface area contributed by atoms with Crippen LogP contribution in [0.5, 0.6) is 5.75 Å². The van der Waals surface area contributed by atoms with E-state index in [0.717, 1.165) is 178 Å². The van der Waals surface area contributed by atoms with E-state index in [1.54, 1.807) is 56.4 Å². The fourth-order valence-corrected chi connectivity index (χ4v) is 16.6. The summed E-state index contributed by atoms with van der Waals surface area (Å²) < 4.78 is 17.4. The SMILES string of the molecule is CCNC(=O)C(=O)[C@@H]1C/C=C/CCCCCCCc2ccccc2C(=O)N1.CCNC(=O)C(=O)[C@@H]1CCCCCCCCCCc2ccccc2C(=O)N1.O=C[C@@H]1Cc2cccc(c2)CCCCOc2cccc(c2)-c2ncccc2C(=O)N1.O=C[C@@H]1Cc2cccc(c2)CCCOCc2ccccc2C(=O)N1.O=C[C@@H]1Cc2ccccc2CCCOCc2ccccc2C(=O)N1. The van der Waals surface area contributed by atoms with Crippen molar-refractivity contribution in [3.63, 3.8) is 0 Å². The Morgan fingerprint density at radius 1 is 0.364 bits per heavy atom. The molecule has 6 heterocycles. The molecule has 5 aliphatic heterocycles. The molecule has 9 aromatic rings. The van der Waals surface area contributed by atoms with Gasteiger partial charge in [-0.15, -0.1) is 0 Å². The molecule has 0 saturated heterocycles. The van der Waals surface area contributed by atoms with Gasteiger partial charge in [0.15, 0.2) is 0 Å². The van der Waals surface area contributed by atoms with Gasteiger partial charge in [-0.1, -0.05) is 234 Å². The number of ketones is 2. The van der Waals surface area contributed by atoms with E-state index in [4.69, 9.17) is 14.2 Å². The smallest absolute Gasteiger partial charge is 0.289 e. The normalized spacial score (nSPS) is 18.9. The van der Waals surface area contributed by atoms with E-state index in [1.165, 1.54) is 55.2 Å². The highest BCUT2D eigenvalue weighted by molar-refractivity contribution is 6.39. The van der Waals surface area contributed by atoms with Gasteiger partial charge in [-0.3, -0.25) is 48.1 Å². The molecule has 6 bridgehead atoms. The molecule has 0 unspecified atom stereocenters. The van der Waals surface area contributed by atoms with Crippen molar-refractivity contribution in [3.8, 4) is 17.0 Å². The summed E-state index contributed by atoms with van der Waals surface area (Å²) in [6.45, 7) is 7.03. The standard InChI is InChI=1S/C25H24N2O3.C22H32N2O3.C22H30N2O3.2C20H21NO3/c28-17-21-15-19-8-3-7-18(14-19)6-1-2-13-30-22-10-4-9-20(16-22)24-23(25(29)27-21)11-5-12-26-24;2*1-2-23-22(27)20(25)19-16-10-8-6-4-3-5-7-9-13-17-14-11-12-15-18(17)21(26)24-19;22-13-18-12-16-6-3-5-15(11-16)7-4-10-24-14-17-8-1-2-9-19(17)20(23)21-18;22-13-18-12-16-7-2-1-6-15(16)9-5-11-24-14-17-8-3-4-10-19(17)20(23)21-18/h3-5,7-12,14,16-17,21H,1-2,6,13,15H2,(H,27,29);11-12,14-15,19H,2-10,13,16H2,1H3,(H,23,27)(H,24,26);8,10-12,14-15,19H,2-7,9,13,16H2,1H3,(H,23,27)(H,24,26);1-3,5-6,8-9,11,13,18H,4,7,10,12,14H2,(H,21,23);1-4,6-8,10,13,18H,5,9,11-12,14H2,(H,21,23)/b;;10-8+;;/t21-;2*19-;2*18-/m00000/s1. The maximum atomic E-state index is 13.0. The zero-order valence-corrected chi connectivity index (χ0v) is 76.3. The Kier molecular flexibility index (Phi) is 43.3. The summed E-state index contributed by atoms with van der Waals surface area (Å²) in [5.41, 5.74) is 14.7. The van der Waals surface area contributed by atoms with Crippen molar-refractivity contribution in [2.24, 2.45) is 0 Å². The number of rotatable bonds is 9. The van der Waals surface area contributed by atoms with E-state index >= 15 is 0 Å². The molecule has 132 heavy (non-hydrogen) atoms. The Morgan fingerprint density at radius 3 is 1.32 bits per heavy atom. The van der Waals surface area contributed by atoms with Crippen LogP contribution in [0.25, 0.3) is 11.3 Å².